The molecule has 0 saturated carbocycles. The molecule has 1 atom stereocenters. The summed E-state index contributed by atoms with van der Waals surface area (Å²) in [4.78, 5) is 11.3. The van der Waals surface area contributed by atoms with Crippen LogP contribution in [0, 0.1) is 11.3 Å². The number of carboxylic acid groups (broad SMARTS) is 1. The second kappa shape index (κ2) is 4.88. The highest BCUT2D eigenvalue weighted by atomic mass is 35.5. The largest absolute Gasteiger partial charge is 0.481 e. The van der Waals surface area contributed by atoms with Gasteiger partial charge in [0, 0.05) is 5.02 Å². The highest BCUT2D eigenvalue weighted by molar-refractivity contribution is 6.30. The van der Waals surface area contributed by atoms with E-state index in [1.807, 2.05) is 32.0 Å². The van der Waals surface area contributed by atoms with Crippen LogP contribution in [-0.2, 0) is 11.2 Å². The molecule has 0 bridgehead atoms. The lowest BCUT2D eigenvalue weighted by molar-refractivity contribution is -0.150. The Kier molecular flexibility index (Phi) is 3.98. The van der Waals surface area contributed by atoms with Gasteiger partial charge in [0.05, 0.1) is 5.41 Å². The number of halogens is 1. The Morgan fingerprint density at radius 3 is 2.56 bits per heavy atom. The van der Waals surface area contributed by atoms with Gasteiger partial charge in [0.25, 0.3) is 0 Å². The standard InChI is InChI=1S/C13H17ClO2/c1-9(2)13(3,12(15)16)8-10-5-4-6-11(14)7-10/h4-7,9H,8H2,1-3H3,(H,15,16). The summed E-state index contributed by atoms with van der Waals surface area (Å²) in [5, 5.41) is 9.95. The molecule has 1 aromatic rings. The number of rotatable bonds is 4. The molecule has 0 aliphatic rings. The first-order valence-corrected chi connectivity index (χ1v) is 5.72. The Bertz CT molecular complexity index is 387. The Morgan fingerprint density at radius 2 is 2.12 bits per heavy atom. The van der Waals surface area contributed by atoms with Gasteiger partial charge in [0.2, 0.25) is 0 Å². The predicted molar refractivity (Wildman–Crippen MR) is 65.7 cm³/mol. The van der Waals surface area contributed by atoms with Gasteiger partial charge in [-0.2, -0.15) is 0 Å². The second-order valence-electron chi connectivity index (χ2n) is 4.68. The maximum atomic E-state index is 11.3. The van der Waals surface area contributed by atoms with Crippen molar-refractivity contribution in [1.29, 1.82) is 0 Å². The first-order chi connectivity index (χ1) is 7.36. The molecule has 1 aromatic carbocycles. The van der Waals surface area contributed by atoms with Crippen molar-refractivity contribution >= 4 is 17.6 Å². The molecule has 0 fully saturated rings. The molecule has 3 heteroatoms. The van der Waals surface area contributed by atoms with Crippen LogP contribution in [0.5, 0.6) is 0 Å². The molecule has 0 aromatic heterocycles. The molecule has 0 spiro atoms. The lowest BCUT2D eigenvalue weighted by atomic mass is 9.74. The van der Waals surface area contributed by atoms with Crippen molar-refractivity contribution < 1.29 is 9.90 Å². The molecule has 0 radical (unpaired) electrons. The third kappa shape index (κ3) is 2.76. The van der Waals surface area contributed by atoms with Gasteiger partial charge in [-0.15, -0.1) is 0 Å². The minimum Gasteiger partial charge on any atom is -0.481 e. The number of carboxylic acids is 1. The van der Waals surface area contributed by atoms with Crippen molar-refractivity contribution in [2.24, 2.45) is 11.3 Å². The van der Waals surface area contributed by atoms with E-state index in [1.165, 1.54) is 0 Å². The van der Waals surface area contributed by atoms with Crippen LogP contribution in [-0.4, -0.2) is 11.1 Å². The van der Waals surface area contributed by atoms with Crippen LogP contribution in [0.15, 0.2) is 24.3 Å². The molecule has 0 saturated heterocycles. The normalized spacial score (nSPS) is 14.8. The Labute approximate surface area is 101 Å². The zero-order valence-electron chi connectivity index (χ0n) is 9.83. The lowest BCUT2D eigenvalue weighted by Crippen LogP contribution is -2.35. The Balaban J connectivity index is 2.97. The van der Waals surface area contributed by atoms with Gasteiger partial charge in [-0.25, -0.2) is 0 Å². The van der Waals surface area contributed by atoms with E-state index in [4.69, 9.17) is 11.6 Å². The van der Waals surface area contributed by atoms with Crippen molar-refractivity contribution in [1.82, 2.24) is 0 Å². The number of benzene rings is 1. The maximum Gasteiger partial charge on any atom is 0.309 e. The molecule has 1 unspecified atom stereocenters. The van der Waals surface area contributed by atoms with Crippen LogP contribution < -0.4 is 0 Å². The Hall–Kier alpha value is -1.02. The van der Waals surface area contributed by atoms with E-state index >= 15 is 0 Å². The van der Waals surface area contributed by atoms with Gasteiger partial charge < -0.3 is 5.11 Å². The van der Waals surface area contributed by atoms with Crippen molar-refractivity contribution in [3.8, 4) is 0 Å². The highest BCUT2D eigenvalue weighted by Gasteiger charge is 2.36. The van der Waals surface area contributed by atoms with E-state index < -0.39 is 11.4 Å². The number of hydrogen-bond donors (Lipinski definition) is 1. The summed E-state index contributed by atoms with van der Waals surface area (Å²) in [6, 6.07) is 7.37. The van der Waals surface area contributed by atoms with Crippen molar-refractivity contribution in [2.45, 2.75) is 27.2 Å². The summed E-state index contributed by atoms with van der Waals surface area (Å²) in [6.45, 7) is 5.64. The van der Waals surface area contributed by atoms with E-state index in [1.54, 1.807) is 13.0 Å². The monoisotopic (exact) mass is 240 g/mol. The highest BCUT2D eigenvalue weighted by Crippen LogP contribution is 2.32. The average molecular weight is 241 g/mol. The summed E-state index contributed by atoms with van der Waals surface area (Å²) in [6.07, 6.45) is 0.501. The molecule has 0 heterocycles. The third-order valence-corrected chi connectivity index (χ3v) is 3.46. The van der Waals surface area contributed by atoms with E-state index in [2.05, 4.69) is 0 Å². The molecule has 2 nitrogen and oxygen atoms in total. The number of aliphatic carboxylic acids is 1. The van der Waals surface area contributed by atoms with Crippen LogP contribution in [0.2, 0.25) is 5.02 Å². The van der Waals surface area contributed by atoms with E-state index in [9.17, 15) is 9.90 Å². The van der Waals surface area contributed by atoms with Crippen molar-refractivity contribution in [2.75, 3.05) is 0 Å². The van der Waals surface area contributed by atoms with E-state index in [0.29, 0.717) is 11.4 Å². The summed E-state index contributed by atoms with van der Waals surface area (Å²) in [5.41, 5.74) is 0.219. The van der Waals surface area contributed by atoms with E-state index in [0.717, 1.165) is 5.56 Å². The van der Waals surface area contributed by atoms with Gasteiger partial charge in [0.1, 0.15) is 0 Å². The van der Waals surface area contributed by atoms with Crippen LogP contribution in [0.3, 0.4) is 0 Å². The molecule has 16 heavy (non-hydrogen) atoms. The van der Waals surface area contributed by atoms with Crippen LogP contribution >= 0.6 is 11.6 Å². The SMILES string of the molecule is CC(C)C(C)(Cc1cccc(Cl)c1)C(=O)O. The molecular formula is C13H17ClO2. The zero-order valence-corrected chi connectivity index (χ0v) is 10.6. The average Bonchev–Trinajstić information content (AvgIpc) is 2.16. The van der Waals surface area contributed by atoms with Crippen LogP contribution in [0.4, 0.5) is 0 Å². The summed E-state index contributed by atoms with van der Waals surface area (Å²) in [5.74, 6) is -0.688. The lowest BCUT2D eigenvalue weighted by Gasteiger charge is -2.29. The topological polar surface area (TPSA) is 37.3 Å². The first kappa shape index (κ1) is 13.0. The molecule has 0 aliphatic heterocycles. The molecule has 1 N–H and O–H groups in total. The fourth-order valence-electron chi connectivity index (χ4n) is 1.60. The number of hydrogen-bond acceptors (Lipinski definition) is 1. The first-order valence-electron chi connectivity index (χ1n) is 5.34. The van der Waals surface area contributed by atoms with Gasteiger partial charge >= 0.3 is 5.97 Å². The minimum absolute atomic E-state index is 0.0731. The smallest absolute Gasteiger partial charge is 0.309 e. The van der Waals surface area contributed by atoms with Gasteiger partial charge in [-0.1, -0.05) is 37.6 Å². The van der Waals surface area contributed by atoms with E-state index in [-0.39, 0.29) is 5.92 Å². The molecule has 0 aliphatic carbocycles. The molecular weight excluding hydrogens is 224 g/mol. The number of carbonyl (C=O) groups is 1. The van der Waals surface area contributed by atoms with Crippen molar-refractivity contribution in [3.63, 3.8) is 0 Å². The minimum atomic E-state index is -0.762. The maximum absolute atomic E-state index is 11.3. The van der Waals surface area contributed by atoms with Crippen LogP contribution in [0.25, 0.3) is 0 Å². The van der Waals surface area contributed by atoms with Crippen molar-refractivity contribution in [3.05, 3.63) is 34.9 Å². The predicted octanol–water partition coefficient (Wildman–Crippen LogP) is 3.63. The summed E-state index contributed by atoms with van der Waals surface area (Å²) >= 11 is 5.89. The van der Waals surface area contributed by atoms with Gasteiger partial charge in [-0.05, 0) is 37.0 Å². The third-order valence-electron chi connectivity index (χ3n) is 3.22. The molecule has 1 rings (SSSR count). The fourth-order valence-corrected chi connectivity index (χ4v) is 1.81. The van der Waals surface area contributed by atoms with Crippen LogP contribution in [0.1, 0.15) is 26.3 Å². The molecule has 0 amide bonds. The second-order valence-corrected chi connectivity index (χ2v) is 5.12. The van der Waals surface area contributed by atoms with Gasteiger partial charge in [-0.3, -0.25) is 4.79 Å². The fraction of sp³-hybridized carbons (Fsp3) is 0.462. The van der Waals surface area contributed by atoms with Gasteiger partial charge in [0.15, 0.2) is 0 Å². The quantitative estimate of drug-likeness (QED) is 0.873. The zero-order chi connectivity index (χ0) is 12.3. The Morgan fingerprint density at radius 1 is 1.50 bits per heavy atom. The molecule has 88 valence electrons. The summed E-state index contributed by atoms with van der Waals surface area (Å²) < 4.78 is 0. The summed E-state index contributed by atoms with van der Waals surface area (Å²) in [7, 11) is 0.